The van der Waals surface area contributed by atoms with Crippen LogP contribution in [0.3, 0.4) is 0 Å². The van der Waals surface area contributed by atoms with Crippen molar-refractivity contribution in [2.24, 2.45) is 12.2 Å². The van der Waals surface area contributed by atoms with Gasteiger partial charge in [-0.15, -0.1) is 0 Å². The maximum absolute atomic E-state index is 13.1. The van der Waals surface area contributed by atoms with E-state index in [4.69, 9.17) is 14.6 Å². The first-order valence-corrected chi connectivity index (χ1v) is 10.0. The number of aromatic nitrogens is 1. The second-order valence-corrected chi connectivity index (χ2v) is 8.04. The Labute approximate surface area is 158 Å². The molecule has 0 radical (unpaired) electrons. The summed E-state index contributed by atoms with van der Waals surface area (Å²) in [5, 5.41) is 5.18. The van der Waals surface area contributed by atoms with Gasteiger partial charge in [-0.3, -0.25) is 4.79 Å². The molecule has 1 aliphatic rings. The van der Waals surface area contributed by atoms with Crippen LogP contribution in [0.15, 0.2) is 35.4 Å². The van der Waals surface area contributed by atoms with Crippen molar-refractivity contribution in [3.05, 3.63) is 41.7 Å². The van der Waals surface area contributed by atoms with Gasteiger partial charge in [-0.25, -0.2) is 13.6 Å². The molecular weight excluding hydrogens is 370 g/mol. The molecule has 0 aliphatic carbocycles. The Morgan fingerprint density at radius 3 is 2.56 bits per heavy atom. The van der Waals surface area contributed by atoms with Crippen molar-refractivity contribution in [1.82, 2.24) is 9.47 Å². The first-order valence-electron chi connectivity index (χ1n) is 8.48. The van der Waals surface area contributed by atoms with E-state index in [1.165, 1.54) is 16.8 Å². The number of likely N-dealkylation sites (tertiary alicyclic amines) is 1. The van der Waals surface area contributed by atoms with Crippen LogP contribution in [-0.4, -0.2) is 44.6 Å². The van der Waals surface area contributed by atoms with Gasteiger partial charge in [0, 0.05) is 25.4 Å². The molecule has 9 heteroatoms. The molecular formula is C18H23N3O5S. The van der Waals surface area contributed by atoms with Crippen molar-refractivity contribution in [2.75, 3.05) is 20.8 Å². The molecule has 1 atom stereocenters. The van der Waals surface area contributed by atoms with Crippen LogP contribution in [0.2, 0.25) is 0 Å². The van der Waals surface area contributed by atoms with Crippen molar-refractivity contribution in [2.45, 2.75) is 23.8 Å². The summed E-state index contributed by atoms with van der Waals surface area (Å²) in [5.41, 5.74) is 1.14. The largest absolute Gasteiger partial charge is 0.497 e. The van der Waals surface area contributed by atoms with E-state index in [0.717, 1.165) is 18.4 Å². The van der Waals surface area contributed by atoms with Gasteiger partial charge >= 0.3 is 0 Å². The summed E-state index contributed by atoms with van der Waals surface area (Å²) >= 11 is 0. The Morgan fingerprint density at radius 2 is 1.96 bits per heavy atom. The van der Waals surface area contributed by atoms with Crippen LogP contribution in [0.4, 0.5) is 0 Å². The highest BCUT2D eigenvalue weighted by Crippen LogP contribution is 2.39. The molecule has 2 aromatic rings. The van der Waals surface area contributed by atoms with E-state index in [1.807, 2.05) is 12.1 Å². The highest BCUT2D eigenvalue weighted by Gasteiger charge is 2.34. The van der Waals surface area contributed by atoms with Crippen molar-refractivity contribution in [3.8, 4) is 11.5 Å². The summed E-state index contributed by atoms with van der Waals surface area (Å²) in [6.07, 6.45) is 2.96. The highest BCUT2D eigenvalue weighted by molar-refractivity contribution is 7.89. The molecule has 8 nitrogen and oxygen atoms in total. The third-order valence-corrected chi connectivity index (χ3v) is 5.72. The quantitative estimate of drug-likeness (QED) is 0.832. The maximum atomic E-state index is 13.1. The number of benzene rings is 1. The summed E-state index contributed by atoms with van der Waals surface area (Å²) in [6, 6.07) is 6.62. The zero-order chi connectivity index (χ0) is 19.8. The first kappa shape index (κ1) is 19.2. The molecule has 2 N–H and O–H groups in total. The van der Waals surface area contributed by atoms with Gasteiger partial charge in [-0.05, 0) is 37.1 Å². The van der Waals surface area contributed by atoms with E-state index in [-0.39, 0.29) is 22.5 Å². The molecule has 1 saturated heterocycles. The van der Waals surface area contributed by atoms with Crippen LogP contribution in [0.1, 0.15) is 34.9 Å². The number of hydrogen-bond donors (Lipinski definition) is 1. The number of primary sulfonamides is 1. The lowest BCUT2D eigenvalue weighted by molar-refractivity contribution is 0.0724. The van der Waals surface area contributed by atoms with E-state index in [9.17, 15) is 13.2 Å². The molecule has 1 amide bonds. The molecule has 0 spiro atoms. The number of carbonyl (C=O) groups excluding carboxylic acids is 1. The number of methoxy groups -OCH3 is 2. The number of sulfonamides is 1. The fourth-order valence-electron chi connectivity index (χ4n) is 3.48. The smallest absolute Gasteiger partial charge is 0.271 e. The summed E-state index contributed by atoms with van der Waals surface area (Å²) in [5.74, 6) is 1.11. The third kappa shape index (κ3) is 3.65. The second kappa shape index (κ2) is 7.24. The highest BCUT2D eigenvalue weighted by atomic mass is 32.2. The molecule has 0 bridgehead atoms. The lowest BCUT2D eigenvalue weighted by Gasteiger charge is -2.26. The maximum Gasteiger partial charge on any atom is 0.271 e. The van der Waals surface area contributed by atoms with E-state index in [0.29, 0.717) is 18.0 Å². The summed E-state index contributed by atoms with van der Waals surface area (Å²) in [4.78, 5) is 14.8. The zero-order valence-corrected chi connectivity index (χ0v) is 16.3. The van der Waals surface area contributed by atoms with Crippen LogP contribution in [0.5, 0.6) is 11.5 Å². The molecule has 0 unspecified atom stereocenters. The van der Waals surface area contributed by atoms with Crippen molar-refractivity contribution in [3.63, 3.8) is 0 Å². The number of amides is 1. The molecule has 1 fully saturated rings. The van der Waals surface area contributed by atoms with Gasteiger partial charge < -0.3 is 18.9 Å². The minimum absolute atomic E-state index is 0.0805. The van der Waals surface area contributed by atoms with Crippen molar-refractivity contribution >= 4 is 15.9 Å². The Hall–Kier alpha value is -2.52. The Balaban J connectivity index is 1.98. The fraction of sp³-hybridized carbons (Fsp3) is 0.389. The lowest BCUT2D eigenvalue weighted by Crippen LogP contribution is -2.32. The molecule has 3 rings (SSSR count). The molecule has 0 saturated carbocycles. The average Bonchev–Trinajstić information content (AvgIpc) is 3.27. The lowest BCUT2D eigenvalue weighted by atomic mass is 10.0. The number of nitrogens with zero attached hydrogens (tertiary/aromatic N) is 2. The van der Waals surface area contributed by atoms with Crippen LogP contribution in [0, 0.1) is 0 Å². The molecule has 1 aliphatic heterocycles. The van der Waals surface area contributed by atoms with Gasteiger partial charge in [0.25, 0.3) is 5.91 Å². The predicted molar refractivity (Wildman–Crippen MR) is 99.3 cm³/mol. The molecule has 27 heavy (non-hydrogen) atoms. The van der Waals surface area contributed by atoms with Crippen molar-refractivity contribution in [1.29, 1.82) is 0 Å². The average molecular weight is 393 g/mol. The van der Waals surface area contributed by atoms with E-state index in [1.54, 1.807) is 32.2 Å². The third-order valence-electron chi connectivity index (χ3n) is 4.84. The zero-order valence-electron chi connectivity index (χ0n) is 15.5. The molecule has 1 aromatic carbocycles. The minimum atomic E-state index is -3.88. The Bertz CT molecular complexity index is 967. The van der Waals surface area contributed by atoms with Gasteiger partial charge in [-0.1, -0.05) is 0 Å². The van der Waals surface area contributed by atoms with Crippen LogP contribution < -0.4 is 14.6 Å². The first-order chi connectivity index (χ1) is 12.8. The SMILES string of the molecule is COc1ccc(OC)c([C@H]2CCCN2C(=O)c2cc(S(N)(=O)=O)cn2C)c1. The summed E-state index contributed by atoms with van der Waals surface area (Å²) in [7, 11) is 0.920. The monoisotopic (exact) mass is 393 g/mol. The normalized spacial score (nSPS) is 17.2. The Kier molecular flexibility index (Phi) is 5.16. The molecule has 2 heterocycles. The fourth-order valence-corrected chi connectivity index (χ4v) is 4.06. The van der Waals surface area contributed by atoms with Crippen LogP contribution >= 0.6 is 0 Å². The summed E-state index contributed by atoms with van der Waals surface area (Å²) in [6.45, 7) is 0.569. The standard InChI is InChI=1S/C18H23N3O5S/c1-20-11-13(27(19,23)24)10-16(20)18(22)21-8-4-5-15(21)14-9-12(25-2)6-7-17(14)26-3/h6-7,9-11,15H,4-5,8H2,1-3H3,(H2,19,23,24)/t15-/m1/s1. The van der Waals surface area contributed by atoms with Crippen LogP contribution in [-0.2, 0) is 17.1 Å². The van der Waals surface area contributed by atoms with E-state index in [2.05, 4.69) is 0 Å². The number of aryl methyl sites for hydroxylation is 1. The van der Waals surface area contributed by atoms with Gasteiger partial charge in [0.15, 0.2) is 0 Å². The van der Waals surface area contributed by atoms with Crippen molar-refractivity contribution < 1.29 is 22.7 Å². The second-order valence-electron chi connectivity index (χ2n) is 6.48. The van der Waals surface area contributed by atoms with Gasteiger partial charge in [-0.2, -0.15) is 0 Å². The molecule has 146 valence electrons. The number of carbonyl (C=O) groups is 1. The molecule has 1 aromatic heterocycles. The summed E-state index contributed by atoms with van der Waals surface area (Å²) < 4.78 is 35.4. The van der Waals surface area contributed by atoms with Crippen LogP contribution in [0.25, 0.3) is 0 Å². The van der Waals surface area contributed by atoms with Gasteiger partial charge in [0.05, 0.1) is 20.3 Å². The van der Waals surface area contributed by atoms with Gasteiger partial charge in [0.1, 0.15) is 22.1 Å². The number of rotatable bonds is 5. The Morgan fingerprint density at radius 1 is 1.22 bits per heavy atom. The predicted octanol–water partition coefficient (Wildman–Crippen LogP) is 1.67. The number of ether oxygens (including phenoxy) is 2. The number of hydrogen-bond acceptors (Lipinski definition) is 5. The topological polar surface area (TPSA) is 104 Å². The minimum Gasteiger partial charge on any atom is -0.497 e. The number of nitrogens with two attached hydrogens (primary N) is 1. The van der Waals surface area contributed by atoms with E-state index >= 15 is 0 Å². The van der Waals surface area contributed by atoms with Gasteiger partial charge in [0.2, 0.25) is 10.0 Å². The van der Waals surface area contributed by atoms with E-state index < -0.39 is 10.0 Å².